The number of benzene rings is 1. The van der Waals surface area contributed by atoms with Crippen LogP contribution in [-0.2, 0) is 9.84 Å². The summed E-state index contributed by atoms with van der Waals surface area (Å²) in [4.78, 5) is 12.2. The van der Waals surface area contributed by atoms with Crippen LogP contribution in [0.25, 0.3) is 0 Å². The number of furan rings is 1. The summed E-state index contributed by atoms with van der Waals surface area (Å²) >= 11 is 3.19. The Hall–Kier alpha value is -1.40. The topological polar surface area (TPSA) is 64.3 Å². The molecule has 18 heavy (non-hydrogen) atoms. The number of carbonyl (C=O) groups excluding carboxylic acids is 1. The summed E-state index contributed by atoms with van der Waals surface area (Å²) in [7, 11) is -3.33. The summed E-state index contributed by atoms with van der Waals surface area (Å²) < 4.78 is 28.4. The van der Waals surface area contributed by atoms with E-state index in [0.29, 0.717) is 4.47 Å². The summed E-state index contributed by atoms with van der Waals surface area (Å²) in [6.45, 7) is 0. The average Bonchev–Trinajstić information content (AvgIpc) is 2.73. The average molecular weight is 329 g/mol. The van der Waals surface area contributed by atoms with Crippen molar-refractivity contribution in [2.24, 2.45) is 0 Å². The zero-order valence-corrected chi connectivity index (χ0v) is 11.8. The Bertz CT molecular complexity index is 700. The van der Waals surface area contributed by atoms with Gasteiger partial charge in [-0.1, -0.05) is 12.1 Å². The summed E-state index contributed by atoms with van der Waals surface area (Å²) in [6, 6.07) is 7.47. The van der Waals surface area contributed by atoms with Gasteiger partial charge in [-0.3, -0.25) is 4.79 Å². The van der Waals surface area contributed by atoms with E-state index in [1.165, 1.54) is 24.5 Å². The van der Waals surface area contributed by atoms with Crippen molar-refractivity contribution >= 4 is 31.6 Å². The van der Waals surface area contributed by atoms with E-state index in [1.807, 2.05) is 0 Å². The second-order valence-corrected chi connectivity index (χ2v) is 6.60. The minimum absolute atomic E-state index is 0.107. The number of halogens is 1. The van der Waals surface area contributed by atoms with Gasteiger partial charge in [0.1, 0.15) is 0 Å². The molecular weight excluding hydrogens is 320 g/mol. The molecular formula is C12H9BrO4S. The molecule has 0 fully saturated rings. The molecule has 2 rings (SSSR count). The monoisotopic (exact) mass is 328 g/mol. The van der Waals surface area contributed by atoms with Crippen molar-refractivity contribution in [3.05, 3.63) is 52.4 Å². The van der Waals surface area contributed by atoms with Gasteiger partial charge in [-0.25, -0.2) is 8.42 Å². The molecule has 6 heteroatoms. The summed E-state index contributed by atoms with van der Waals surface area (Å²) in [5.74, 6) is -0.210. The number of hydrogen-bond acceptors (Lipinski definition) is 4. The molecule has 0 aliphatic heterocycles. The quantitative estimate of drug-likeness (QED) is 0.812. The maximum Gasteiger partial charge on any atom is 0.229 e. The lowest BCUT2D eigenvalue weighted by molar-refractivity contribution is 0.101. The highest BCUT2D eigenvalue weighted by Gasteiger charge is 2.17. The second kappa shape index (κ2) is 4.70. The van der Waals surface area contributed by atoms with E-state index >= 15 is 0 Å². The van der Waals surface area contributed by atoms with Gasteiger partial charge in [0.15, 0.2) is 15.6 Å². The molecule has 0 amide bonds. The van der Waals surface area contributed by atoms with Crippen molar-refractivity contribution in [3.8, 4) is 0 Å². The minimum Gasteiger partial charge on any atom is -0.460 e. The van der Waals surface area contributed by atoms with Crippen LogP contribution in [0.15, 0.2) is 50.4 Å². The number of rotatable bonds is 3. The molecule has 4 nitrogen and oxygen atoms in total. The lowest BCUT2D eigenvalue weighted by atomic mass is 10.1. The first-order valence-corrected chi connectivity index (χ1v) is 7.66. The molecule has 0 saturated carbocycles. The smallest absolute Gasteiger partial charge is 0.229 e. The van der Waals surface area contributed by atoms with E-state index < -0.39 is 9.84 Å². The predicted molar refractivity (Wildman–Crippen MR) is 69.4 cm³/mol. The number of carbonyl (C=O) groups is 1. The van der Waals surface area contributed by atoms with Crippen LogP contribution in [-0.4, -0.2) is 20.5 Å². The van der Waals surface area contributed by atoms with E-state index in [-0.39, 0.29) is 22.0 Å². The standard InChI is InChI=1S/C12H9BrO4S/c1-18(15,16)9-4-2-3-8(7-9)11(14)12-10(13)5-6-17-12/h2-7H,1H3. The highest BCUT2D eigenvalue weighted by Crippen LogP contribution is 2.22. The SMILES string of the molecule is CS(=O)(=O)c1cccc(C(=O)c2occc2Br)c1. The van der Waals surface area contributed by atoms with Gasteiger partial charge in [-0.2, -0.15) is 0 Å². The molecule has 2 aromatic rings. The molecule has 0 atom stereocenters. The molecule has 1 heterocycles. The van der Waals surface area contributed by atoms with Gasteiger partial charge in [-0.15, -0.1) is 0 Å². The highest BCUT2D eigenvalue weighted by atomic mass is 79.9. The van der Waals surface area contributed by atoms with Crippen molar-refractivity contribution < 1.29 is 17.6 Å². The van der Waals surface area contributed by atoms with Crippen LogP contribution in [0.3, 0.4) is 0 Å². The fourth-order valence-corrected chi connectivity index (χ4v) is 2.50. The molecule has 0 N–H and O–H groups in total. The van der Waals surface area contributed by atoms with Crippen LogP contribution in [0.4, 0.5) is 0 Å². The fraction of sp³-hybridized carbons (Fsp3) is 0.0833. The first-order chi connectivity index (χ1) is 8.39. The molecule has 0 bridgehead atoms. The van der Waals surface area contributed by atoms with E-state index in [4.69, 9.17) is 4.42 Å². The predicted octanol–water partition coefficient (Wildman–Crippen LogP) is 2.68. The Labute approximate surface area is 113 Å². The molecule has 0 unspecified atom stereocenters. The van der Waals surface area contributed by atoms with Crippen LogP contribution in [0.2, 0.25) is 0 Å². The normalized spacial score (nSPS) is 11.4. The van der Waals surface area contributed by atoms with Gasteiger partial charge >= 0.3 is 0 Å². The number of ketones is 1. The van der Waals surface area contributed by atoms with Crippen molar-refractivity contribution in [2.75, 3.05) is 6.26 Å². The van der Waals surface area contributed by atoms with E-state index in [9.17, 15) is 13.2 Å². The molecule has 94 valence electrons. The van der Waals surface area contributed by atoms with Gasteiger partial charge in [0.2, 0.25) is 5.78 Å². The molecule has 0 aliphatic carbocycles. The van der Waals surface area contributed by atoms with Crippen LogP contribution in [0, 0.1) is 0 Å². The van der Waals surface area contributed by atoms with Crippen molar-refractivity contribution in [1.82, 2.24) is 0 Å². The molecule has 0 spiro atoms. The molecule has 0 aliphatic rings. The lowest BCUT2D eigenvalue weighted by Gasteiger charge is -2.02. The van der Waals surface area contributed by atoms with Gasteiger partial charge in [-0.05, 0) is 34.1 Å². The van der Waals surface area contributed by atoms with E-state index in [2.05, 4.69) is 15.9 Å². The largest absolute Gasteiger partial charge is 0.460 e. The van der Waals surface area contributed by atoms with E-state index in [0.717, 1.165) is 6.26 Å². The molecule has 1 aromatic heterocycles. The maximum absolute atomic E-state index is 12.1. The van der Waals surface area contributed by atoms with Crippen molar-refractivity contribution in [2.45, 2.75) is 4.90 Å². The third-order valence-electron chi connectivity index (χ3n) is 2.35. The van der Waals surface area contributed by atoms with Gasteiger partial charge in [0, 0.05) is 11.8 Å². The first kappa shape index (κ1) is 13.0. The van der Waals surface area contributed by atoms with Crippen molar-refractivity contribution in [3.63, 3.8) is 0 Å². The Morgan fingerprint density at radius 2 is 2.00 bits per heavy atom. The van der Waals surface area contributed by atoms with Crippen molar-refractivity contribution in [1.29, 1.82) is 0 Å². The third-order valence-corrected chi connectivity index (χ3v) is 4.08. The van der Waals surface area contributed by atoms with Gasteiger partial charge in [0.05, 0.1) is 15.6 Å². The summed E-state index contributed by atoms with van der Waals surface area (Å²) in [5.41, 5.74) is 0.272. The Morgan fingerprint density at radius 1 is 1.28 bits per heavy atom. The third kappa shape index (κ3) is 2.54. The Balaban J connectivity index is 2.47. The molecule has 0 saturated heterocycles. The van der Waals surface area contributed by atoms with Crippen LogP contribution >= 0.6 is 15.9 Å². The maximum atomic E-state index is 12.1. The number of hydrogen-bond donors (Lipinski definition) is 0. The number of sulfone groups is 1. The first-order valence-electron chi connectivity index (χ1n) is 4.97. The van der Waals surface area contributed by atoms with Gasteiger partial charge in [0.25, 0.3) is 0 Å². The zero-order chi connectivity index (χ0) is 13.3. The summed E-state index contributed by atoms with van der Waals surface area (Å²) in [5, 5.41) is 0. The minimum atomic E-state index is -3.33. The fourth-order valence-electron chi connectivity index (χ4n) is 1.45. The molecule has 0 radical (unpaired) electrons. The van der Waals surface area contributed by atoms with Gasteiger partial charge < -0.3 is 4.42 Å². The van der Waals surface area contributed by atoms with Crippen LogP contribution in [0.1, 0.15) is 16.1 Å². The van der Waals surface area contributed by atoms with Crippen LogP contribution < -0.4 is 0 Å². The second-order valence-electron chi connectivity index (χ2n) is 3.73. The zero-order valence-electron chi connectivity index (χ0n) is 9.38. The highest BCUT2D eigenvalue weighted by molar-refractivity contribution is 9.10. The Kier molecular flexibility index (Phi) is 3.41. The Morgan fingerprint density at radius 3 is 2.56 bits per heavy atom. The lowest BCUT2D eigenvalue weighted by Crippen LogP contribution is -2.03. The van der Waals surface area contributed by atoms with Crippen LogP contribution in [0.5, 0.6) is 0 Å². The van der Waals surface area contributed by atoms with E-state index in [1.54, 1.807) is 12.1 Å². The summed E-state index contributed by atoms with van der Waals surface area (Å²) in [6.07, 6.45) is 2.48. The molecule has 1 aromatic carbocycles.